The minimum absolute atomic E-state index is 0.658. The van der Waals surface area contributed by atoms with Gasteiger partial charge in [0.15, 0.2) is 0 Å². The number of nitrogens with zero attached hydrogens (tertiary/aromatic N) is 1. The second-order valence-corrected chi connectivity index (χ2v) is 5.23. The van der Waals surface area contributed by atoms with Gasteiger partial charge in [0.2, 0.25) is 0 Å². The van der Waals surface area contributed by atoms with Gasteiger partial charge in [-0.05, 0) is 37.6 Å². The fraction of sp³-hybridized carbons (Fsp3) is 0.429. The Morgan fingerprint density at radius 1 is 1.35 bits per heavy atom. The lowest BCUT2D eigenvalue weighted by atomic mass is 9.91. The molecule has 0 bridgehead atoms. The molecule has 92 valence electrons. The molecule has 1 heterocycles. The average molecular weight is 252 g/mol. The summed E-state index contributed by atoms with van der Waals surface area (Å²) < 4.78 is 0. The minimum atomic E-state index is -0.658. The normalized spacial score (nSPS) is 20.9. The summed E-state index contributed by atoms with van der Waals surface area (Å²) in [4.78, 5) is 2.24. The van der Waals surface area contributed by atoms with Crippen molar-refractivity contribution in [3.8, 4) is 0 Å². The molecule has 0 radical (unpaired) electrons. The van der Waals surface area contributed by atoms with Crippen LogP contribution in [0, 0.1) is 0 Å². The predicted molar refractivity (Wildman–Crippen MR) is 72.2 cm³/mol. The molecule has 0 saturated carbocycles. The van der Waals surface area contributed by atoms with E-state index >= 15 is 0 Å². The second kappa shape index (κ2) is 5.21. The smallest absolute Gasteiger partial charge is 0.0855 e. The molecule has 1 fully saturated rings. The van der Waals surface area contributed by atoms with Crippen LogP contribution in [0.4, 0.5) is 0 Å². The highest BCUT2D eigenvalue weighted by Gasteiger charge is 2.27. The van der Waals surface area contributed by atoms with Crippen LogP contribution in [-0.2, 0) is 0 Å². The number of piperidine rings is 1. The zero-order chi connectivity index (χ0) is 12.3. The van der Waals surface area contributed by atoms with Crippen LogP contribution in [-0.4, -0.2) is 35.7 Å². The first-order valence-corrected chi connectivity index (χ1v) is 6.31. The van der Waals surface area contributed by atoms with Gasteiger partial charge >= 0.3 is 0 Å². The Kier molecular flexibility index (Phi) is 3.87. The molecular weight excluding hydrogens is 234 g/mol. The van der Waals surface area contributed by atoms with Crippen LogP contribution in [0.15, 0.2) is 30.3 Å². The molecule has 0 atom stereocenters. The molecule has 2 rings (SSSR count). The molecule has 3 heteroatoms. The zero-order valence-electron chi connectivity index (χ0n) is 10.1. The molecule has 0 amide bonds. The van der Waals surface area contributed by atoms with Gasteiger partial charge < -0.3 is 10.0 Å². The highest BCUT2D eigenvalue weighted by atomic mass is 35.5. The summed E-state index contributed by atoms with van der Waals surface area (Å²) in [7, 11) is 2.08. The molecule has 1 aliphatic heterocycles. The lowest BCUT2D eigenvalue weighted by Crippen LogP contribution is -2.41. The van der Waals surface area contributed by atoms with E-state index in [1.807, 2.05) is 36.4 Å². The van der Waals surface area contributed by atoms with Crippen molar-refractivity contribution in [1.82, 2.24) is 4.90 Å². The number of benzene rings is 1. The fourth-order valence-corrected chi connectivity index (χ4v) is 2.23. The van der Waals surface area contributed by atoms with Crippen molar-refractivity contribution < 1.29 is 5.11 Å². The van der Waals surface area contributed by atoms with Gasteiger partial charge in [-0.1, -0.05) is 35.9 Å². The van der Waals surface area contributed by atoms with Crippen LogP contribution in [0.25, 0.3) is 6.08 Å². The maximum atomic E-state index is 10.4. The summed E-state index contributed by atoms with van der Waals surface area (Å²) in [6.45, 7) is 1.88. The van der Waals surface area contributed by atoms with Gasteiger partial charge in [0, 0.05) is 18.1 Å². The van der Waals surface area contributed by atoms with Crippen molar-refractivity contribution in [3.63, 3.8) is 0 Å². The lowest BCUT2D eigenvalue weighted by molar-refractivity contribution is 0.0272. The third-order valence-corrected chi connectivity index (χ3v) is 3.52. The van der Waals surface area contributed by atoms with Crippen LogP contribution >= 0.6 is 11.6 Å². The molecule has 1 aromatic rings. The second-order valence-electron chi connectivity index (χ2n) is 4.80. The highest BCUT2D eigenvalue weighted by Crippen LogP contribution is 2.24. The Morgan fingerprint density at radius 3 is 2.71 bits per heavy atom. The summed E-state index contributed by atoms with van der Waals surface area (Å²) in [5.41, 5.74) is 0.374. The van der Waals surface area contributed by atoms with E-state index in [2.05, 4.69) is 11.9 Å². The SMILES string of the molecule is CN1CCC(O)(/C=C/c2cccc(Cl)c2)CC1. The van der Waals surface area contributed by atoms with Crippen molar-refractivity contribution in [2.75, 3.05) is 20.1 Å². The van der Waals surface area contributed by atoms with Crippen LogP contribution in [0.5, 0.6) is 0 Å². The Balaban J connectivity index is 2.05. The highest BCUT2D eigenvalue weighted by molar-refractivity contribution is 6.30. The number of halogens is 1. The molecule has 0 spiro atoms. The van der Waals surface area contributed by atoms with E-state index in [1.54, 1.807) is 0 Å². The van der Waals surface area contributed by atoms with E-state index in [0.29, 0.717) is 0 Å². The van der Waals surface area contributed by atoms with E-state index in [-0.39, 0.29) is 0 Å². The first-order chi connectivity index (χ1) is 8.07. The van der Waals surface area contributed by atoms with E-state index < -0.39 is 5.60 Å². The van der Waals surface area contributed by atoms with Gasteiger partial charge in [0.05, 0.1) is 5.60 Å². The number of hydrogen-bond donors (Lipinski definition) is 1. The number of rotatable bonds is 2. The summed E-state index contributed by atoms with van der Waals surface area (Å²) in [5, 5.41) is 11.1. The maximum Gasteiger partial charge on any atom is 0.0855 e. The topological polar surface area (TPSA) is 23.5 Å². The van der Waals surface area contributed by atoms with Crippen molar-refractivity contribution in [3.05, 3.63) is 40.9 Å². The molecule has 1 aromatic carbocycles. The van der Waals surface area contributed by atoms with Gasteiger partial charge in [-0.3, -0.25) is 0 Å². The molecule has 0 aliphatic carbocycles. The summed E-state index contributed by atoms with van der Waals surface area (Å²) in [5.74, 6) is 0. The summed E-state index contributed by atoms with van der Waals surface area (Å²) >= 11 is 5.92. The summed E-state index contributed by atoms with van der Waals surface area (Å²) in [6.07, 6.45) is 5.45. The molecule has 1 aliphatic rings. The quantitative estimate of drug-likeness (QED) is 0.874. The maximum absolute atomic E-state index is 10.4. The van der Waals surface area contributed by atoms with E-state index in [0.717, 1.165) is 36.5 Å². The number of hydrogen-bond acceptors (Lipinski definition) is 2. The lowest BCUT2D eigenvalue weighted by Gasteiger charge is -2.34. The van der Waals surface area contributed by atoms with Crippen molar-refractivity contribution in [2.45, 2.75) is 18.4 Å². The van der Waals surface area contributed by atoms with Crippen LogP contribution in [0.1, 0.15) is 18.4 Å². The number of aliphatic hydroxyl groups is 1. The zero-order valence-corrected chi connectivity index (χ0v) is 10.8. The van der Waals surface area contributed by atoms with Gasteiger partial charge in [-0.15, -0.1) is 0 Å². The van der Waals surface area contributed by atoms with Crippen LogP contribution in [0.2, 0.25) is 5.02 Å². The first-order valence-electron chi connectivity index (χ1n) is 5.93. The first kappa shape index (κ1) is 12.6. The molecular formula is C14H18ClNO. The largest absolute Gasteiger partial charge is 0.386 e. The molecule has 1 N–H and O–H groups in total. The standard InChI is InChI=1S/C14H18ClNO/c1-16-9-7-14(17,8-10-16)6-5-12-3-2-4-13(15)11-12/h2-6,11,17H,7-10H2,1H3/b6-5+. The Morgan fingerprint density at radius 2 is 2.06 bits per heavy atom. The van der Waals surface area contributed by atoms with E-state index in [9.17, 15) is 5.11 Å². The Labute approximate surface area is 108 Å². The third-order valence-electron chi connectivity index (χ3n) is 3.29. The summed E-state index contributed by atoms with van der Waals surface area (Å²) in [6, 6.07) is 7.65. The average Bonchev–Trinajstić information content (AvgIpc) is 2.31. The van der Waals surface area contributed by atoms with Gasteiger partial charge in [0.1, 0.15) is 0 Å². The van der Waals surface area contributed by atoms with Gasteiger partial charge in [-0.2, -0.15) is 0 Å². The van der Waals surface area contributed by atoms with Crippen molar-refractivity contribution in [1.29, 1.82) is 0 Å². The van der Waals surface area contributed by atoms with Gasteiger partial charge in [0.25, 0.3) is 0 Å². The van der Waals surface area contributed by atoms with E-state index in [1.165, 1.54) is 0 Å². The third kappa shape index (κ3) is 3.56. The van der Waals surface area contributed by atoms with Gasteiger partial charge in [-0.25, -0.2) is 0 Å². The molecule has 17 heavy (non-hydrogen) atoms. The fourth-order valence-electron chi connectivity index (χ4n) is 2.03. The predicted octanol–water partition coefficient (Wildman–Crippen LogP) is 2.81. The van der Waals surface area contributed by atoms with Crippen molar-refractivity contribution >= 4 is 17.7 Å². The van der Waals surface area contributed by atoms with Crippen molar-refractivity contribution in [2.24, 2.45) is 0 Å². The van der Waals surface area contributed by atoms with E-state index in [4.69, 9.17) is 11.6 Å². The molecule has 0 unspecified atom stereocenters. The number of likely N-dealkylation sites (tertiary alicyclic amines) is 1. The molecule has 1 saturated heterocycles. The molecule has 2 nitrogen and oxygen atoms in total. The minimum Gasteiger partial charge on any atom is -0.386 e. The monoisotopic (exact) mass is 251 g/mol. The van der Waals surface area contributed by atoms with Crippen LogP contribution in [0.3, 0.4) is 0 Å². The Bertz CT molecular complexity index is 408. The van der Waals surface area contributed by atoms with Crippen LogP contribution < -0.4 is 0 Å². The Hall–Kier alpha value is -0.830. The molecule has 0 aromatic heterocycles.